The minimum atomic E-state index is -1.07. The SMILES string of the molecule is C=CC[C@H](NC(C)=O)C(=O)N[C@@H](CCSC)C(=O)N[C@@H](CC(C)C)[C@@H](O)C[C@@H](C)C(=O)N[C@H](C(=O)NCc1ccccc1)C(C)C. The Bertz CT molecular complexity index is 1130. The van der Waals surface area contributed by atoms with Gasteiger partial charge in [0.2, 0.25) is 29.5 Å². The number of aliphatic hydroxyl groups excluding tert-OH is 1. The summed E-state index contributed by atoms with van der Waals surface area (Å²) in [4.78, 5) is 64.2. The molecule has 0 unspecified atom stereocenters. The summed E-state index contributed by atoms with van der Waals surface area (Å²) in [6.45, 7) is 14.6. The number of amides is 5. The van der Waals surface area contributed by atoms with Crippen LogP contribution in [0.3, 0.4) is 0 Å². The van der Waals surface area contributed by atoms with Crippen molar-refractivity contribution < 1.29 is 29.1 Å². The molecule has 0 saturated carbocycles. The predicted octanol–water partition coefficient (Wildman–Crippen LogP) is 2.68. The van der Waals surface area contributed by atoms with Crippen LogP contribution in [0.5, 0.6) is 0 Å². The van der Waals surface area contributed by atoms with E-state index in [1.54, 1.807) is 6.92 Å². The highest BCUT2D eigenvalue weighted by molar-refractivity contribution is 7.98. The third-order valence-corrected chi connectivity index (χ3v) is 8.10. The first-order valence-electron chi connectivity index (χ1n) is 16.0. The van der Waals surface area contributed by atoms with Crippen LogP contribution in [-0.4, -0.2) is 76.9 Å². The Morgan fingerprint density at radius 1 is 0.848 bits per heavy atom. The van der Waals surface area contributed by atoms with E-state index in [0.29, 0.717) is 25.1 Å². The zero-order valence-corrected chi connectivity index (χ0v) is 29.2. The van der Waals surface area contributed by atoms with Crippen molar-refractivity contribution in [1.29, 1.82) is 0 Å². The highest BCUT2D eigenvalue weighted by Gasteiger charge is 2.32. The van der Waals surface area contributed by atoms with Gasteiger partial charge in [-0.25, -0.2) is 0 Å². The molecule has 6 N–H and O–H groups in total. The Morgan fingerprint density at radius 2 is 1.48 bits per heavy atom. The van der Waals surface area contributed by atoms with E-state index in [1.165, 1.54) is 24.8 Å². The topological polar surface area (TPSA) is 166 Å². The van der Waals surface area contributed by atoms with Crippen LogP contribution in [0.4, 0.5) is 0 Å². The summed E-state index contributed by atoms with van der Waals surface area (Å²) >= 11 is 1.52. The number of aliphatic hydroxyl groups is 1. The highest BCUT2D eigenvalue weighted by atomic mass is 32.2. The molecule has 258 valence electrons. The van der Waals surface area contributed by atoms with E-state index in [0.717, 1.165) is 5.56 Å². The first-order chi connectivity index (χ1) is 21.7. The third-order valence-electron chi connectivity index (χ3n) is 7.46. The van der Waals surface area contributed by atoms with Crippen molar-refractivity contribution in [2.75, 3.05) is 12.0 Å². The molecule has 6 atom stereocenters. The molecular formula is C34H55N5O6S. The van der Waals surface area contributed by atoms with E-state index in [1.807, 2.05) is 64.3 Å². The molecule has 1 rings (SSSR count). The Hall–Kier alpha value is -3.38. The van der Waals surface area contributed by atoms with Crippen molar-refractivity contribution in [2.45, 2.75) is 104 Å². The largest absolute Gasteiger partial charge is 0.391 e. The van der Waals surface area contributed by atoms with Gasteiger partial charge in [0.05, 0.1) is 12.1 Å². The number of thioether (sulfide) groups is 1. The van der Waals surface area contributed by atoms with Gasteiger partial charge in [-0.05, 0) is 55.1 Å². The highest BCUT2D eigenvalue weighted by Crippen LogP contribution is 2.17. The first-order valence-corrected chi connectivity index (χ1v) is 17.4. The molecule has 1 aromatic carbocycles. The second-order valence-corrected chi connectivity index (χ2v) is 13.5. The van der Waals surface area contributed by atoms with Gasteiger partial charge in [0.15, 0.2) is 0 Å². The van der Waals surface area contributed by atoms with Crippen molar-refractivity contribution in [3.8, 4) is 0 Å². The molecule has 0 aliphatic rings. The lowest BCUT2D eigenvalue weighted by Gasteiger charge is -2.30. The van der Waals surface area contributed by atoms with Crippen LogP contribution in [0, 0.1) is 17.8 Å². The van der Waals surface area contributed by atoms with Crippen molar-refractivity contribution >= 4 is 41.3 Å². The van der Waals surface area contributed by atoms with Crippen LogP contribution in [0.2, 0.25) is 0 Å². The Morgan fingerprint density at radius 3 is 2.02 bits per heavy atom. The molecule has 0 aromatic heterocycles. The molecule has 46 heavy (non-hydrogen) atoms. The summed E-state index contributed by atoms with van der Waals surface area (Å²) in [7, 11) is 0. The van der Waals surface area contributed by atoms with Gasteiger partial charge in [-0.3, -0.25) is 24.0 Å². The van der Waals surface area contributed by atoms with Crippen LogP contribution >= 0.6 is 11.8 Å². The molecule has 0 heterocycles. The lowest BCUT2D eigenvalue weighted by Crippen LogP contribution is -2.56. The van der Waals surface area contributed by atoms with Crippen LogP contribution in [0.1, 0.15) is 72.8 Å². The fraction of sp³-hybridized carbons (Fsp3) is 0.618. The van der Waals surface area contributed by atoms with Gasteiger partial charge in [-0.2, -0.15) is 11.8 Å². The van der Waals surface area contributed by atoms with E-state index >= 15 is 0 Å². The molecule has 0 aliphatic heterocycles. The second-order valence-electron chi connectivity index (χ2n) is 12.5. The maximum atomic E-state index is 13.5. The fourth-order valence-corrected chi connectivity index (χ4v) is 5.35. The van der Waals surface area contributed by atoms with E-state index in [-0.39, 0.29) is 42.4 Å². The standard InChI is InChI=1S/C34H55N5O6S/c1-9-13-26(36-24(7)40)32(43)37-27(16-17-46-8)33(44)38-28(18-21(2)3)29(41)19-23(6)31(42)39-30(22(4)5)34(45)35-20-25-14-11-10-12-15-25/h9-12,14-15,21-23,26-30,41H,1,13,16-20H2,2-8H3,(H,35,45)(H,36,40)(H,37,43)(H,38,44)(H,39,42)/t23-,26+,27+,28+,29+,30+/m1/s1. The molecular weight excluding hydrogens is 606 g/mol. The van der Waals surface area contributed by atoms with Gasteiger partial charge in [0.1, 0.15) is 18.1 Å². The van der Waals surface area contributed by atoms with Crippen molar-refractivity contribution in [1.82, 2.24) is 26.6 Å². The number of hydrogen-bond acceptors (Lipinski definition) is 7. The lowest BCUT2D eigenvalue weighted by molar-refractivity contribution is -0.133. The van der Waals surface area contributed by atoms with Crippen LogP contribution in [0.25, 0.3) is 0 Å². The maximum absolute atomic E-state index is 13.5. The summed E-state index contributed by atoms with van der Waals surface area (Å²) in [6.07, 6.45) is 3.36. The molecule has 0 radical (unpaired) electrons. The number of hydrogen-bond donors (Lipinski definition) is 6. The van der Waals surface area contributed by atoms with Gasteiger partial charge in [-0.15, -0.1) is 6.58 Å². The maximum Gasteiger partial charge on any atom is 0.243 e. The number of carbonyl (C=O) groups excluding carboxylic acids is 5. The van der Waals surface area contributed by atoms with E-state index in [4.69, 9.17) is 0 Å². The van der Waals surface area contributed by atoms with Crippen molar-refractivity contribution in [3.05, 3.63) is 48.6 Å². The summed E-state index contributed by atoms with van der Waals surface area (Å²) in [5.74, 6) is -2.14. The van der Waals surface area contributed by atoms with E-state index < -0.39 is 48.0 Å². The van der Waals surface area contributed by atoms with Crippen LogP contribution in [0.15, 0.2) is 43.0 Å². The molecule has 1 aromatic rings. The van der Waals surface area contributed by atoms with Gasteiger partial charge in [0.25, 0.3) is 0 Å². The minimum Gasteiger partial charge on any atom is -0.391 e. The smallest absolute Gasteiger partial charge is 0.243 e. The first kappa shape index (κ1) is 40.6. The number of nitrogens with one attached hydrogen (secondary N) is 5. The average Bonchev–Trinajstić information content (AvgIpc) is 2.99. The average molecular weight is 662 g/mol. The molecule has 0 fully saturated rings. The summed E-state index contributed by atoms with van der Waals surface area (Å²) < 4.78 is 0. The number of carbonyl (C=O) groups is 5. The third kappa shape index (κ3) is 15.3. The quantitative estimate of drug-likeness (QED) is 0.110. The lowest BCUT2D eigenvalue weighted by atomic mass is 9.91. The van der Waals surface area contributed by atoms with Gasteiger partial charge < -0.3 is 31.7 Å². The summed E-state index contributed by atoms with van der Waals surface area (Å²) in [5, 5.41) is 25.2. The van der Waals surface area contributed by atoms with Crippen LogP contribution in [-0.2, 0) is 30.5 Å². The number of rotatable bonds is 21. The molecule has 0 spiro atoms. The zero-order chi connectivity index (χ0) is 34.8. The molecule has 12 heteroatoms. The Kier molecular flexibility index (Phi) is 18.9. The van der Waals surface area contributed by atoms with E-state index in [9.17, 15) is 29.1 Å². The molecule has 11 nitrogen and oxygen atoms in total. The summed E-state index contributed by atoms with van der Waals surface area (Å²) in [6, 6.07) is 6.27. The zero-order valence-electron chi connectivity index (χ0n) is 28.4. The van der Waals surface area contributed by atoms with Crippen molar-refractivity contribution in [2.24, 2.45) is 17.8 Å². The second kappa shape index (κ2) is 21.4. The van der Waals surface area contributed by atoms with E-state index in [2.05, 4.69) is 33.2 Å². The van der Waals surface area contributed by atoms with Crippen molar-refractivity contribution in [3.63, 3.8) is 0 Å². The fourth-order valence-electron chi connectivity index (χ4n) is 4.88. The Balaban J connectivity index is 2.95. The molecule has 0 bridgehead atoms. The monoisotopic (exact) mass is 661 g/mol. The normalized spacial score (nSPS) is 15.1. The molecule has 0 aliphatic carbocycles. The predicted molar refractivity (Wildman–Crippen MR) is 184 cm³/mol. The van der Waals surface area contributed by atoms with Gasteiger partial charge >= 0.3 is 0 Å². The van der Waals surface area contributed by atoms with Gasteiger partial charge in [-0.1, -0.05) is 71.0 Å². The minimum absolute atomic E-state index is 0.0473. The summed E-state index contributed by atoms with van der Waals surface area (Å²) in [5.41, 5.74) is 0.943. The van der Waals surface area contributed by atoms with Gasteiger partial charge in [0, 0.05) is 19.4 Å². The van der Waals surface area contributed by atoms with Crippen LogP contribution < -0.4 is 26.6 Å². The molecule has 0 saturated heterocycles. The molecule has 5 amide bonds. The Labute approximate surface area is 278 Å². The number of benzene rings is 1.